The third kappa shape index (κ3) is 5.36. The summed E-state index contributed by atoms with van der Waals surface area (Å²) >= 11 is 0. The van der Waals surface area contributed by atoms with E-state index in [1.165, 1.54) is 0 Å². The van der Waals surface area contributed by atoms with Crippen LogP contribution < -0.4 is 16.0 Å². The molecular formula is C25H29N5O4. The third-order valence-corrected chi connectivity index (χ3v) is 6.13. The lowest BCUT2D eigenvalue weighted by Gasteiger charge is -2.29. The average molecular weight is 464 g/mol. The molecule has 3 aromatic rings. The molecule has 0 saturated heterocycles. The molecule has 2 aromatic heterocycles. The molecule has 9 heteroatoms. The van der Waals surface area contributed by atoms with Gasteiger partial charge in [0.1, 0.15) is 11.8 Å². The van der Waals surface area contributed by atoms with Crippen LogP contribution in [-0.2, 0) is 4.79 Å². The summed E-state index contributed by atoms with van der Waals surface area (Å²) in [6.45, 7) is 1.82. The van der Waals surface area contributed by atoms with Crippen LogP contribution in [0.1, 0.15) is 58.8 Å². The predicted molar refractivity (Wildman–Crippen MR) is 127 cm³/mol. The number of aromatic amines is 1. The summed E-state index contributed by atoms with van der Waals surface area (Å²) < 4.78 is 5.78. The molecule has 9 nitrogen and oxygen atoms in total. The zero-order valence-electron chi connectivity index (χ0n) is 19.3. The van der Waals surface area contributed by atoms with E-state index in [2.05, 4.69) is 26.1 Å². The number of furan rings is 1. The van der Waals surface area contributed by atoms with Crippen molar-refractivity contribution in [2.45, 2.75) is 45.1 Å². The van der Waals surface area contributed by atoms with Gasteiger partial charge in [-0.2, -0.15) is 5.10 Å². The highest BCUT2D eigenvalue weighted by Crippen LogP contribution is 2.28. The fourth-order valence-corrected chi connectivity index (χ4v) is 4.30. The lowest BCUT2D eigenvalue weighted by molar-refractivity contribution is -0.124. The second-order valence-electron chi connectivity index (χ2n) is 8.60. The van der Waals surface area contributed by atoms with Crippen molar-refractivity contribution in [1.82, 2.24) is 20.8 Å². The van der Waals surface area contributed by atoms with Crippen LogP contribution in [0.2, 0.25) is 0 Å². The van der Waals surface area contributed by atoms with Gasteiger partial charge in [0.2, 0.25) is 5.91 Å². The number of nitrogens with zero attached hydrogens (tertiary/aromatic N) is 1. The SMILES string of the molecule is CNC(=O)[C@@H](NC(=O)c1ccc(-c2ccc(NC(=O)c3cc(C)[nH]n3)cc2)o1)C1CCCCC1. The van der Waals surface area contributed by atoms with Crippen LogP contribution >= 0.6 is 0 Å². The smallest absolute Gasteiger partial charge is 0.287 e. The first kappa shape index (κ1) is 23.3. The van der Waals surface area contributed by atoms with Crippen molar-refractivity contribution >= 4 is 23.4 Å². The molecule has 0 bridgehead atoms. The zero-order valence-corrected chi connectivity index (χ0v) is 19.3. The number of hydrogen-bond acceptors (Lipinski definition) is 5. The average Bonchev–Trinajstić information content (AvgIpc) is 3.53. The van der Waals surface area contributed by atoms with Crippen LogP contribution in [0.4, 0.5) is 5.69 Å². The summed E-state index contributed by atoms with van der Waals surface area (Å²) in [5.74, 6) is -0.123. The number of carbonyl (C=O) groups is 3. The second kappa shape index (κ2) is 10.4. The number of aromatic nitrogens is 2. The Morgan fingerprint density at radius 3 is 2.41 bits per heavy atom. The van der Waals surface area contributed by atoms with E-state index in [9.17, 15) is 14.4 Å². The minimum Gasteiger partial charge on any atom is -0.451 e. The molecule has 1 aliphatic rings. The molecule has 1 aliphatic carbocycles. The van der Waals surface area contributed by atoms with Crippen molar-refractivity contribution in [3.8, 4) is 11.3 Å². The van der Waals surface area contributed by atoms with Gasteiger partial charge in [0.25, 0.3) is 11.8 Å². The van der Waals surface area contributed by atoms with Crippen molar-refractivity contribution in [1.29, 1.82) is 0 Å². The summed E-state index contributed by atoms with van der Waals surface area (Å²) in [5, 5.41) is 15.0. The van der Waals surface area contributed by atoms with Gasteiger partial charge in [0, 0.05) is 24.0 Å². The Morgan fingerprint density at radius 1 is 1.03 bits per heavy atom. The molecule has 0 aliphatic heterocycles. The summed E-state index contributed by atoms with van der Waals surface area (Å²) in [4.78, 5) is 37.5. The quantitative estimate of drug-likeness (QED) is 0.425. The summed E-state index contributed by atoms with van der Waals surface area (Å²) in [5.41, 5.74) is 2.48. The van der Waals surface area contributed by atoms with Gasteiger partial charge in [-0.1, -0.05) is 19.3 Å². The van der Waals surface area contributed by atoms with Gasteiger partial charge in [-0.25, -0.2) is 0 Å². The van der Waals surface area contributed by atoms with Gasteiger partial charge in [-0.3, -0.25) is 19.5 Å². The molecule has 1 atom stereocenters. The largest absolute Gasteiger partial charge is 0.451 e. The maximum Gasteiger partial charge on any atom is 0.287 e. The van der Waals surface area contributed by atoms with Crippen LogP contribution in [-0.4, -0.2) is 41.0 Å². The van der Waals surface area contributed by atoms with Gasteiger partial charge in [0.15, 0.2) is 11.5 Å². The van der Waals surface area contributed by atoms with Crippen LogP contribution in [0.15, 0.2) is 46.9 Å². The Hall–Kier alpha value is -3.88. The molecule has 0 radical (unpaired) electrons. The molecule has 4 N–H and O–H groups in total. The minimum absolute atomic E-state index is 0.125. The fourth-order valence-electron chi connectivity index (χ4n) is 4.30. The molecule has 1 fully saturated rings. The molecule has 0 unspecified atom stereocenters. The maximum absolute atomic E-state index is 12.8. The van der Waals surface area contributed by atoms with Gasteiger partial charge in [-0.15, -0.1) is 0 Å². The molecule has 2 heterocycles. The maximum atomic E-state index is 12.8. The Balaban J connectivity index is 1.41. The van der Waals surface area contributed by atoms with E-state index in [4.69, 9.17) is 4.42 Å². The lowest BCUT2D eigenvalue weighted by Crippen LogP contribution is -2.50. The topological polar surface area (TPSA) is 129 Å². The van der Waals surface area contributed by atoms with E-state index in [1.807, 2.05) is 6.92 Å². The first-order chi connectivity index (χ1) is 16.4. The number of benzene rings is 1. The summed E-state index contributed by atoms with van der Waals surface area (Å²) in [6, 6.07) is 11.5. The molecular weight excluding hydrogens is 434 g/mol. The Morgan fingerprint density at radius 2 is 1.76 bits per heavy atom. The molecule has 4 rings (SSSR count). The van der Waals surface area contributed by atoms with Crippen LogP contribution in [0.3, 0.4) is 0 Å². The normalized spacial score (nSPS) is 14.9. The van der Waals surface area contributed by atoms with Crippen molar-refractivity contribution in [3.05, 3.63) is 59.6 Å². The van der Waals surface area contributed by atoms with Gasteiger partial charge >= 0.3 is 0 Å². The lowest BCUT2D eigenvalue weighted by atomic mass is 9.83. The number of hydrogen-bond donors (Lipinski definition) is 4. The summed E-state index contributed by atoms with van der Waals surface area (Å²) in [7, 11) is 1.58. The van der Waals surface area contributed by atoms with E-state index in [1.54, 1.807) is 49.5 Å². The van der Waals surface area contributed by atoms with E-state index in [-0.39, 0.29) is 23.5 Å². The standard InChI is InChI=1S/C25H29N5O4/c1-15-14-19(30-29-15)23(31)27-18-10-8-16(9-11-18)20-12-13-21(34-20)24(32)28-22(25(33)26-2)17-6-4-3-5-7-17/h8-14,17,22H,3-7H2,1-2H3,(H,26,33)(H,27,31)(H,28,32)(H,29,30)/t22-/m0/s1. The highest BCUT2D eigenvalue weighted by molar-refractivity contribution is 6.03. The Labute approximate surface area is 197 Å². The summed E-state index contributed by atoms with van der Waals surface area (Å²) in [6.07, 6.45) is 5.14. The number of likely N-dealkylation sites (N-methyl/N-ethyl adjacent to an activating group) is 1. The highest BCUT2D eigenvalue weighted by atomic mass is 16.4. The molecule has 1 aromatic carbocycles. The van der Waals surface area contributed by atoms with Crippen molar-refractivity contribution in [3.63, 3.8) is 0 Å². The first-order valence-corrected chi connectivity index (χ1v) is 11.5. The molecule has 178 valence electrons. The van der Waals surface area contributed by atoms with E-state index < -0.39 is 11.9 Å². The van der Waals surface area contributed by atoms with E-state index in [0.29, 0.717) is 17.1 Å². The van der Waals surface area contributed by atoms with E-state index >= 15 is 0 Å². The van der Waals surface area contributed by atoms with Gasteiger partial charge < -0.3 is 20.4 Å². The first-order valence-electron chi connectivity index (χ1n) is 11.5. The number of rotatable bonds is 7. The van der Waals surface area contributed by atoms with Gasteiger partial charge in [-0.05, 0) is 68.1 Å². The molecule has 0 spiro atoms. The number of aryl methyl sites for hydroxylation is 1. The van der Waals surface area contributed by atoms with Gasteiger partial charge in [0.05, 0.1) is 0 Å². The highest BCUT2D eigenvalue weighted by Gasteiger charge is 2.31. The van der Waals surface area contributed by atoms with Crippen LogP contribution in [0.25, 0.3) is 11.3 Å². The number of amides is 3. The predicted octanol–water partition coefficient (Wildman–Crippen LogP) is 3.66. The van der Waals surface area contributed by atoms with Crippen LogP contribution in [0, 0.1) is 12.8 Å². The Kier molecular flexibility index (Phi) is 7.10. The monoisotopic (exact) mass is 463 g/mol. The van der Waals surface area contributed by atoms with Crippen LogP contribution in [0.5, 0.6) is 0 Å². The fraction of sp³-hybridized carbons (Fsp3) is 0.360. The Bertz CT molecular complexity index is 1160. The number of nitrogens with one attached hydrogen (secondary N) is 4. The third-order valence-electron chi connectivity index (χ3n) is 6.13. The number of anilines is 1. The minimum atomic E-state index is -0.576. The number of carbonyl (C=O) groups excluding carboxylic acids is 3. The zero-order chi connectivity index (χ0) is 24.1. The molecule has 34 heavy (non-hydrogen) atoms. The van der Waals surface area contributed by atoms with E-state index in [0.717, 1.165) is 43.4 Å². The van der Waals surface area contributed by atoms with Crippen molar-refractivity contribution in [2.75, 3.05) is 12.4 Å². The second-order valence-corrected chi connectivity index (χ2v) is 8.60. The molecule has 3 amide bonds. The number of H-pyrrole nitrogens is 1. The molecule has 1 saturated carbocycles. The van der Waals surface area contributed by atoms with Crippen molar-refractivity contribution < 1.29 is 18.8 Å². The van der Waals surface area contributed by atoms with Crippen molar-refractivity contribution in [2.24, 2.45) is 5.92 Å².